The Labute approximate surface area is 127 Å². The van der Waals surface area contributed by atoms with Crippen LogP contribution in [0.2, 0.25) is 0 Å². The number of benzene rings is 1. The van der Waals surface area contributed by atoms with Gasteiger partial charge in [0.25, 0.3) is 0 Å². The van der Waals surface area contributed by atoms with Crippen LogP contribution in [-0.4, -0.2) is 25.7 Å². The van der Waals surface area contributed by atoms with E-state index in [4.69, 9.17) is 0 Å². The highest BCUT2D eigenvalue weighted by Gasteiger charge is 2.15. The molecule has 0 amide bonds. The molecule has 0 bridgehead atoms. The van der Waals surface area contributed by atoms with Gasteiger partial charge in [0, 0.05) is 10.0 Å². The summed E-state index contributed by atoms with van der Waals surface area (Å²) in [5, 5.41) is 15.5. The van der Waals surface area contributed by atoms with Crippen molar-refractivity contribution in [2.45, 2.75) is 46.2 Å². The topological polar surface area (TPSA) is 55.6 Å². The van der Waals surface area contributed by atoms with Gasteiger partial charge in [-0.15, -0.1) is 5.10 Å². The Kier molecular flexibility index (Phi) is 4.55. The first-order valence-corrected chi connectivity index (χ1v) is 7.51. The highest BCUT2D eigenvalue weighted by atomic mass is 79.9. The van der Waals surface area contributed by atoms with Gasteiger partial charge in [-0.3, -0.25) is 0 Å². The number of hydrogen-bond donors (Lipinski definition) is 1. The van der Waals surface area contributed by atoms with Crippen LogP contribution >= 0.6 is 15.9 Å². The fraction of sp³-hybridized carbons (Fsp3) is 0.500. The summed E-state index contributed by atoms with van der Waals surface area (Å²) in [6, 6.07) is 6.16. The van der Waals surface area contributed by atoms with Gasteiger partial charge in [0.1, 0.15) is 0 Å². The van der Waals surface area contributed by atoms with Crippen LogP contribution in [0.5, 0.6) is 0 Å². The predicted molar refractivity (Wildman–Crippen MR) is 82.8 cm³/mol. The summed E-state index contributed by atoms with van der Waals surface area (Å²) in [7, 11) is 0. The minimum absolute atomic E-state index is 0.0318. The van der Waals surface area contributed by atoms with E-state index in [2.05, 4.69) is 70.5 Å². The molecule has 0 aliphatic rings. The lowest BCUT2D eigenvalue weighted by molar-refractivity contribution is 0.415. The second-order valence-corrected chi connectivity index (χ2v) is 6.65. The van der Waals surface area contributed by atoms with Gasteiger partial charge >= 0.3 is 0 Å². The fourth-order valence-electron chi connectivity index (χ4n) is 1.89. The maximum atomic E-state index is 4.13. The minimum Gasteiger partial charge on any atom is -0.305 e. The van der Waals surface area contributed by atoms with Gasteiger partial charge in [-0.25, -0.2) is 0 Å². The van der Waals surface area contributed by atoms with Crippen LogP contribution < -0.4 is 5.32 Å². The third-order valence-electron chi connectivity index (χ3n) is 2.96. The average molecular weight is 338 g/mol. The molecular formula is C14H20BrN5. The number of nitrogens with zero attached hydrogens (tertiary/aromatic N) is 4. The Bertz CT molecular complexity index is 585. The second-order valence-electron chi connectivity index (χ2n) is 5.74. The monoisotopic (exact) mass is 337 g/mol. The predicted octanol–water partition coefficient (Wildman–Crippen LogP) is 2.88. The molecule has 1 N–H and O–H groups in total. The van der Waals surface area contributed by atoms with E-state index < -0.39 is 0 Å². The van der Waals surface area contributed by atoms with Crippen LogP contribution in [0.25, 0.3) is 5.69 Å². The van der Waals surface area contributed by atoms with E-state index in [1.165, 1.54) is 5.56 Å². The highest BCUT2D eigenvalue weighted by molar-refractivity contribution is 9.10. The fourth-order valence-corrected chi connectivity index (χ4v) is 2.30. The smallest absolute Gasteiger partial charge is 0.170 e. The molecule has 0 saturated carbocycles. The van der Waals surface area contributed by atoms with E-state index in [0.29, 0.717) is 6.54 Å². The molecule has 108 valence electrons. The van der Waals surface area contributed by atoms with Crippen molar-refractivity contribution in [3.05, 3.63) is 34.1 Å². The molecule has 2 aromatic rings. The largest absolute Gasteiger partial charge is 0.305 e. The summed E-state index contributed by atoms with van der Waals surface area (Å²) < 4.78 is 2.88. The summed E-state index contributed by atoms with van der Waals surface area (Å²) in [6.45, 7) is 9.13. The Morgan fingerprint density at radius 2 is 2.05 bits per heavy atom. The van der Waals surface area contributed by atoms with Crippen LogP contribution in [0, 0.1) is 0 Å². The van der Waals surface area contributed by atoms with Crippen molar-refractivity contribution >= 4 is 15.9 Å². The zero-order chi connectivity index (χ0) is 14.8. The third kappa shape index (κ3) is 3.64. The number of aryl methyl sites for hydroxylation is 1. The van der Waals surface area contributed by atoms with E-state index in [-0.39, 0.29) is 5.54 Å². The van der Waals surface area contributed by atoms with E-state index in [9.17, 15) is 0 Å². The van der Waals surface area contributed by atoms with Crippen molar-refractivity contribution < 1.29 is 0 Å². The molecule has 0 atom stereocenters. The van der Waals surface area contributed by atoms with Gasteiger partial charge in [0.15, 0.2) is 5.82 Å². The molecule has 0 saturated heterocycles. The number of hydrogen-bond acceptors (Lipinski definition) is 4. The molecule has 1 heterocycles. The van der Waals surface area contributed by atoms with Crippen LogP contribution in [0.15, 0.2) is 22.7 Å². The Morgan fingerprint density at radius 1 is 1.30 bits per heavy atom. The molecule has 20 heavy (non-hydrogen) atoms. The molecule has 0 spiro atoms. The van der Waals surface area contributed by atoms with Gasteiger partial charge in [0.05, 0.1) is 12.2 Å². The summed E-state index contributed by atoms with van der Waals surface area (Å²) in [5.74, 6) is 0.817. The van der Waals surface area contributed by atoms with Crippen molar-refractivity contribution in [1.29, 1.82) is 0 Å². The molecule has 0 fully saturated rings. The third-order valence-corrected chi connectivity index (χ3v) is 3.45. The lowest BCUT2D eigenvalue weighted by atomic mass is 10.1. The molecule has 0 aliphatic carbocycles. The standard InChI is InChI=1S/C14H20BrN5/c1-5-10-8-11(15)6-7-12(10)20-13(17-18-19-20)9-16-14(2,3)4/h6-8,16H,5,9H2,1-4H3. The van der Waals surface area contributed by atoms with Gasteiger partial charge in [0.2, 0.25) is 0 Å². The lowest BCUT2D eigenvalue weighted by Gasteiger charge is -2.20. The van der Waals surface area contributed by atoms with Crippen LogP contribution in [-0.2, 0) is 13.0 Å². The van der Waals surface area contributed by atoms with Gasteiger partial charge in [-0.2, -0.15) is 4.68 Å². The summed E-state index contributed by atoms with van der Waals surface area (Å²) >= 11 is 3.50. The molecule has 0 aliphatic heterocycles. The number of tetrazole rings is 1. The molecule has 0 unspecified atom stereocenters. The van der Waals surface area contributed by atoms with Gasteiger partial charge < -0.3 is 5.32 Å². The molecule has 1 aromatic carbocycles. The molecular weight excluding hydrogens is 318 g/mol. The van der Waals surface area contributed by atoms with Crippen molar-refractivity contribution in [3.8, 4) is 5.69 Å². The number of aromatic nitrogens is 4. The van der Waals surface area contributed by atoms with E-state index >= 15 is 0 Å². The summed E-state index contributed by atoms with van der Waals surface area (Å²) in [4.78, 5) is 0. The SMILES string of the molecule is CCc1cc(Br)ccc1-n1nnnc1CNC(C)(C)C. The molecule has 6 heteroatoms. The Balaban J connectivity index is 2.32. The first-order valence-electron chi connectivity index (χ1n) is 6.72. The first kappa shape index (κ1) is 15.1. The molecule has 0 radical (unpaired) electrons. The maximum absolute atomic E-state index is 4.13. The van der Waals surface area contributed by atoms with Crippen LogP contribution in [0.3, 0.4) is 0 Å². The van der Waals surface area contributed by atoms with Crippen molar-refractivity contribution in [3.63, 3.8) is 0 Å². The van der Waals surface area contributed by atoms with Crippen molar-refractivity contribution in [2.24, 2.45) is 0 Å². The minimum atomic E-state index is 0.0318. The van der Waals surface area contributed by atoms with E-state index in [0.717, 1.165) is 22.4 Å². The average Bonchev–Trinajstić information content (AvgIpc) is 2.83. The van der Waals surface area contributed by atoms with Gasteiger partial charge in [-0.1, -0.05) is 22.9 Å². The molecule has 2 rings (SSSR count). The highest BCUT2D eigenvalue weighted by Crippen LogP contribution is 2.21. The van der Waals surface area contributed by atoms with Crippen LogP contribution in [0.1, 0.15) is 39.1 Å². The number of nitrogens with one attached hydrogen (secondary N) is 1. The van der Waals surface area contributed by atoms with Crippen molar-refractivity contribution in [2.75, 3.05) is 0 Å². The Hall–Kier alpha value is -1.27. The quantitative estimate of drug-likeness (QED) is 0.931. The molecule has 5 nitrogen and oxygen atoms in total. The summed E-state index contributed by atoms with van der Waals surface area (Å²) in [6.07, 6.45) is 0.931. The lowest BCUT2D eigenvalue weighted by Crippen LogP contribution is -2.36. The molecule has 1 aromatic heterocycles. The maximum Gasteiger partial charge on any atom is 0.170 e. The van der Waals surface area contributed by atoms with E-state index in [1.807, 2.05) is 16.8 Å². The van der Waals surface area contributed by atoms with Gasteiger partial charge in [-0.05, 0) is 61.4 Å². The van der Waals surface area contributed by atoms with Crippen molar-refractivity contribution in [1.82, 2.24) is 25.5 Å². The number of halogens is 1. The Morgan fingerprint density at radius 3 is 2.70 bits per heavy atom. The zero-order valence-electron chi connectivity index (χ0n) is 12.3. The second kappa shape index (κ2) is 6.01. The first-order chi connectivity index (χ1) is 9.40. The summed E-state index contributed by atoms with van der Waals surface area (Å²) in [5.41, 5.74) is 2.28. The number of rotatable bonds is 4. The normalized spacial score (nSPS) is 11.8. The van der Waals surface area contributed by atoms with E-state index in [1.54, 1.807) is 0 Å². The van der Waals surface area contributed by atoms with Crippen LogP contribution in [0.4, 0.5) is 0 Å². The zero-order valence-corrected chi connectivity index (χ0v) is 13.9.